The van der Waals surface area contributed by atoms with Gasteiger partial charge in [0.15, 0.2) is 11.5 Å². The van der Waals surface area contributed by atoms with Crippen LogP contribution in [0.4, 0.5) is 0 Å². The quantitative estimate of drug-likeness (QED) is 0.927. The van der Waals surface area contributed by atoms with E-state index >= 15 is 0 Å². The molecule has 0 unspecified atom stereocenters. The van der Waals surface area contributed by atoms with Gasteiger partial charge in [0.05, 0.1) is 4.47 Å². The van der Waals surface area contributed by atoms with E-state index in [0.29, 0.717) is 13.2 Å². The summed E-state index contributed by atoms with van der Waals surface area (Å²) in [6, 6.07) is 4.17. The van der Waals surface area contributed by atoms with Gasteiger partial charge in [0.1, 0.15) is 13.2 Å². The lowest BCUT2D eigenvalue weighted by molar-refractivity contribution is 0.170. The van der Waals surface area contributed by atoms with E-state index in [1.54, 1.807) is 0 Å². The predicted octanol–water partition coefficient (Wildman–Crippen LogP) is 2.72. The Bertz CT molecular complexity index is 418. The van der Waals surface area contributed by atoms with Gasteiger partial charge in [0, 0.05) is 6.54 Å². The number of benzene rings is 1. The normalized spacial score (nSPS) is 18.2. The third-order valence-electron chi connectivity index (χ3n) is 3.12. The Hall–Kier alpha value is -0.740. The van der Waals surface area contributed by atoms with Gasteiger partial charge in [0.25, 0.3) is 0 Å². The third-order valence-corrected chi connectivity index (χ3v) is 3.70. The number of hydrogen-bond donors (Lipinski definition) is 1. The van der Waals surface area contributed by atoms with Gasteiger partial charge in [-0.1, -0.05) is 0 Å². The predicted molar refractivity (Wildman–Crippen MR) is 69.6 cm³/mol. The molecule has 3 nitrogen and oxygen atoms in total. The first kappa shape index (κ1) is 11.4. The van der Waals surface area contributed by atoms with Gasteiger partial charge in [0.2, 0.25) is 0 Å². The highest BCUT2D eigenvalue weighted by molar-refractivity contribution is 9.10. The monoisotopic (exact) mass is 297 g/mol. The summed E-state index contributed by atoms with van der Waals surface area (Å²) in [5, 5.41) is 3.48. The van der Waals surface area contributed by atoms with Crippen molar-refractivity contribution in [2.45, 2.75) is 19.4 Å². The van der Waals surface area contributed by atoms with Crippen LogP contribution in [0, 0.1) is 5.92 Å². The van der Waals surface area contributed by atoms with Crippen LogP contribution in [0.5, 0.6) is 11.5 Å². The molecule has 4 heteroatoms. The van der Waals surface area contributed by atoms with E-state index in [4.69, 9.17) is 9.47 Å². The highest BCUT2D eigenvalue weighted by atomic mass is 79.9. The number of fused-ring (bicyclic) bond motifs is 1. The lowest BCUT2D eigenvalue weighted by Gasteiger charge is -2.20. The van der Waals surface area contributed by atoms with E-state index in [1.807, 2.05) is 0 Å². The van der Waals surface area contributed by atoms with Gasteiger partial charge >= 0.3 is 0 Å². The van der Waals surface area contributed by atoms with Crippen LogP contribution < -0.4 is 14.8 Å². The summed E-state index contributed by atoms with van der Waals surface area (Å²) in [5.41, 5.74) is 1.24. The van der Waals surface area contributed by atoms with E-state index < -0.39 is 0 Å². The van der Waals surface area contributed by atoms with Crippen LogP contribution in [0.2, 0.25) is 0 Å². The molecule has 0 amide bonds. The highest BCUT2D eigenvalue weighted by Gasteiger charge is 2.20. The van der Waals surface area contributed by atoms with Gasteiger partial charge in [-0.25, -0.2) is 0 Å². The zero-order valence-corrected chi connectivity index (χ0v) is 11.3. The minimum atomic E-state index is 0.630. The molecular weight excluding hydrogens is 282 g/mol. The smallest absolute Gasteiger partial charge is 0.175 e. The fourth-order valence-electron chi connectivity index (χ4n) is 2.01. The molecular formula is C13H16BrNO2. The Kier molecular flexibility index (Phi) is 3.25. The van der Waals surface area contributed by atoms with Crippen molar-refractivity contribution >= 4 is 15.9 Å². The molecule has 1 aromatic rings. The average Bonchev–Trinajstić information content (AvgIpc) is 3.13. The number of rotatable bonds is 4. The molecule has 0 bridgehead atoms. The minimum Gasteiger partial charge on any atom is -0.486 e. The second kappa shape index (κ2) is 4.86. The molecule has 0 spiro atoms. The second-order valence-electron chi connectivity index (χ2n) is 4.68. The summed E-state index contributed by atoms with van der Waals surface area (Å²) in [4.78, 5) is 0. The molecule has 1 aliphatic carbocycles. The molecule has 17 heavy (non-hydrogen) atoms. The van der Waals surface area contributed by atoms with Crippen molar-refractivity contribution in [3.63, 3.8) is 0 Å². The Morgan fingerprint density at radius 2 is 2.06 bits per heavy atom. The summed E-state index contributed by atoms with van der Waals surface area (Å²) in [6.07, 6.45) is 2.77. The van der Waals surface area contributed by atoms with Crippen LogP contribution in [-0.4, -0.2) is 19.8 Å². The zero-order valence-electron chi connectivity index (χ0n) is 9.67. The molecule has 1 aliphatic heterocycles. The summed E-state index contributed by atoms with van der Waals surface area (Å²) in [7, 11) is 0. The average molecular weight is 298 g/mol. The topological polar surface area (TPSA) is 30.5 Å². The Morgan fingerprint density at radius 1 is 1.24 bits per heavy atom. The van der Waals surface area contributed by atoms with Crippen molar-refractivity contribution in [3.05, 3.63) is 22.2 Å². The van der Waals surface area contributed by atoms with Crippen LogP contribution in [-0.2, 0) is 6.54 Å². The fraction of sp³-hybridized carbons (Fsp3) is 0.538. The number of halogens is 1. The Morgan fingerprint density at radius 3 is 2.88 bits per heavy atom. The number of hydrogen-bond acceptors (Lipinski definition) is 3. The molecule has 1 heterocycles. The Balaban J connectivity index is 1.68. The van der Waals surface area contributed by atoms with E-state index in [9.17, 15) is 0 Å². The van der Waals surface area contributed by atoms with Gasteiger partial charge in [-0.2, -0.15) is 0 Å². The molecule has 1 aromatic carbocycles. The molecule has 1 fully saturated rings. The fourth-order valence-corrected chi connectivity index (χ4v) is 2.61. The van der Waals surface area contributed by atoms with Crippen molar-refractivity contribution < 1.29 is 9.47 Å². The Labute approximate surface area is 110 Å². The van der Waals surface area contributed by atoms with Crippen molar-refractivity contribution in [1.29, 1.82) is 0 Å². The van der Waals surface area contributed by atoms with Gasteiger partial charge < -0.3 is 14.8 Å². The van der Waals surface area contributed by atoms with Crippen LogP contribution in [0.1, 0.15) is 18.4 Å². The van der Waals surface area contributed by atoms with Crippen molar-refractivity contribution in [2.24, 2.45) is 5.92 Å². The van der Waals surface area contributed by atoms with E-state index in [-0.39, 0.29) is 0 Å². The lowest BCUT2D eigenvalue weighted by Crippen LogP contribution is -2.18. The van der Waals surface area contributed by atoms with E-state index in [2.05, 4.69) is 33.4 Å². The molecule has 0 aromatic heterocycles. The van der Waals surface area contributed by atoms with Crippen LogP contribution >= 0.6 is 15.9 Å². The number of nitrogens with one attached hydrogen (secondary N) is 1. The summed E-state index contributed by atoms with van der Waals surface area (Å²) in [6.45, 7) is 3.29. The molecule has 1 N–H and O–H groups in total. The third kappa shape index (κ3) is 2.75. The van der Waals surface area contributed by atoms with Gasteiger partial charge in [-0.15, -0.1) is 0 Å². The maximum absolute atomic E-state index is 5.60. The van der Waals surface area contributed by atoms with Crippen molar-refractivity contribution in [3.8, 4) is 11.5 Å². The standard InChI is InChI=1S/C13H16BrNO2/c14-11-5-10(8-15-7-9-1-2-9)6-12-13(11)17-4-3-16-12/h5-6,9,15H,1-4,7-8H2. The second-order valence-corrected chi connectivity index (χ2v) is 5.53. The van der Waals surface area contributed by atoms with E-state index in [1.165, 1.54) is 18.4 Å². The summed E-state index contributed by atoms with van der Waals surface area (Å²) < 4.78 is 12.2. The van der Waals surface area contributed by atoms with Gasteiger partial charge in [-0.3, -0.25) is 0 Å². The van der Waals surface area contributed by atoms with Crippen LogP contribution in [0.25, 0.3) is 0 Å². The first-order valence-corrected chi connectivity index (χ1v) is 6.91. The maximum Gasteiger partial charge on any atom is 0.175 e. The van der Waals surface area contributed by atoms with Crippen molar-refractivity contribution in [1.82, 2.24) is 5.32 Å². The molecule has 3 rings (SSSR count). The highest BCUT2D eigenvalue weighted by Crippen LogP contribution is 2.38. The zero-order chi connectivity index (χ0) is 11.7. The molecule has 92 valence electrons. The van der Waals surface area contributed by atoms with Crippen LogP contribution in [0.3, 0.4) is 0 Å². The first-order valence-electron chi connectivity index (χ1n) is 6.11. The molecule has 1 saturated carbocycles. The largest absolute Gasteiger partial charge is 0.486 e. The van der Waals surface area contributed by atoms with Gasteiger partial charge in [-0.05, 0) is 58.9 Å². The molecule has 0 atom stereocenters. The minimum absolute atomic E-state index is 0.630. The molecule has 2 aliphatic rings. The number of ether oxygens (including phenoxy) is 2. The van der Waals surface area contributed by atoms with E-state index in [0.717, 1.165) is 35.0 Å². The van der Waals surface area contributed by atoms with Crippen molar-refractivity contribution in [2.75, 3.05) is 19.8 Å². The SMILES string of the molecule is Brc1cc(CNCC2CC2)cc2c1OCCO2. The first-order chi connectivity index (χ1) is 8.33. The molecule has 0 radical (unpaired) electrons. The van der Waals surface area contributed by atoms with Crippen LogP contribution in [0.15, 0.2) is 16.6 Å². The summed E-state index contributed by atoms with van der Waals surface area (Å²) >= 11 is 3.53. The maximum atomic E-state index is 5.60. The summed E-state index contributed by atoms with van der Waals surface area (Å²) in [5.74, 6) is 2.60. The molecule has 0 saturated heterocycles. The lowest BCUT2D eigenvalue weighted by atomic mass is 10.2.